The molecule has 0 heterocycles. The number of hydrogen-bond acceptors (Lipinski definition) is 2. The zero-order valence-electron chi connectivity index (χ0n) is 9.65. The van der Waals surface area contributed by atoms with Crippen LogP contribution in [0.3, 0.4) is 0 Å². The van der Waals surface area contributed by atoms with Gasteiger partial charge < -0.3 is 0 Å². The molecule has 0 aromatic carbocycles. The molecule has 0 saturated heterocycles. The Kier molecular flexibility index (Phi) is 2.21. The molecule has 0 amide bonds. The molecule has 4 rings (SSSR count). The number of rotatable bonds is 2. The number of hydrogen-bond donors (Lipinski definition) is 0. The van der Waals surface area contributed by atoms with Gasteiger partial charge >= 0.3 is 0 Å². The van der Waals surface area contributed by atoms with Crippen molar-refractivity contribution in [2.24, 2.45) is 29.1 Å². The van der Waals surface area contributed by atoms with Gasteiger partial charge in [0.15, 0.2) is 0 Å². The van der Waals surface area contributed by atoms with Gasteiger partial charge in [0.25, 0.3) is 0 Å². The summed E-state index contributed by atoms with van der Waals surface area (Å²) < 4.78 is 0. The first-order chi connectivity index (χ1) is 7.73. The highest BCUT2D eigenvalue weighted by Crippen LogP contribution is 2.61. The van der Waals surface area contributed by atoms with Gasteiger partial charge in [0.2, 0.25) is 0 Å². The predicted molar refractivity (Wildman–Crippen MR) is 59.9 cm³/mol. The number of nitriles is 2. The summed E-state index contributed by atoms with van der Waals surface area (Å²) in [7, 11) is 0. The molecule has 84 valence electrons. The van der Waals surface area contributed by atoms with E-state index in [4.69, 9.17) is 10.5 Å². The van der Waals surface area contributed by atoms with Crippen LogP contribution >= 0.6 is 0 Å². The Hall–Kier alpha value is -1.02. The second-order valence-electron chi connectivity index (χ2n) is 6.43. The highest BCUT2D eigenvalue weighted by Gasteiger charge is 2.51. The summed E-state index contributed by atoms with van der Waals surface area (Å²) in [6, 6.07) is 4.33. The van der Waals surface area contributed by atoms with Crippen molar-refractivity contribution in [3.63, 3.8) is 0 Å². The van der Waals surface area contributed by atoms with Crippen LogP contribution in [0.15, 0.2) is 0 Å². The highest BCUT2D eigenvalue weighted by molar-refractivity contribution is 5.07. The van der Waals surface area contributed by atoms with E-state index in [2.05, 4.69) is 12.1 Å². The molecule has 0 aromatic heterocycles. The average Bonchev–Trinajstić information content (AvgIpc) is 2.24. The van der Waals surface area contributed by atoms with Crippen molar-refractivity contribution in [3.05, 3.63) is 0 Å². The first kappa shape index (κ1) is 10.2. The van der Waals surface area contributed by atoms with Gasteiger partial charge in [-0.1, -0.05) is 0 Å². The standard InChI is InChI=1S/C14H18N2/c15-8-13(9-16)7-14-4-10-1-11(5-14)3-12(2-10)6-14/h10-13H,1-7H2. The fourth-order valence-corrected chi connectivity index (χ4v) is 5.09. The fourth-order valence-electron chi connectivity index (χ4n) is 5.09. The van der Waals surface area contributed by atoms with E-state index >= 15 is 0 Å². The molecule has 4 bridgehead atoms. The summed E-state index contributed by atoms with van der Waals surface area (Å²) in [5, 5.41) is 17.9. The zero-order valence-corrected chi connectivity index (χ0v) is 9.65. The van der Waals surface area contributed by atoms with Gasteiger partial charge in [-0.2, -0.15) is 10.5 Å². The molecule has 0 aromatic rings. The van der Waals surface area contributed by atoms with Gasteiger partial charge in [0.1, 0.15) is 5.92 Å². The first-order valence-corrected chi connectivity index (χ1v) is 6.52. The number of nitrogens with zero attached hydrogens (tertiary/aromatic N) is 2. The van der Waals surface area contributed by atoms with Gasteiger partial charge in [0, 0.05) is 0 Å². The lowest BCUT2D eigenvalue weighted by molar-refractivity contribution is -0.0597. The van der Waals surface area contributed by atoms with Crippen LogP contribution in [0.1, 0.15) is 44.9 Å². The average molecular weight is 214 g/mol. The Labute approximate surface area is 97.3 Å². The third-order valence-electron chi connectivity index (χ3n) is 5.11. The highest BCUT2D eigenvalue weighted by atomic mass is 14.6. The van der Waals surface area contributed by atoms with E-state index in [1.807, 2.05) is 0 Å². The molecule has 0 radical (unpaired) electrons. The zero-order chi connectivity index (χ0) is 11.2. The molecule has 4 aliphatic carbocycles. The van der Waals surface area contributed by atoms with E-state index in [9.17, 15) is 0 Å². The second-order valence-corrected chi connectivity index (χ2v) is 6.43. The minimum absolute atomic E-state index is 0.365. The molecule has 4 aliphatic rings. The van der Waals surface area contributed by atoms with Crippen LogP contribution in [0.25, 0.3) is 0 Å². The van der Waals surface area contributed by atoms with E-state index < -0.39 is 0 Å². The van der Waals surface area contributed by atoms with Gasteiger partial charge in [-0.25, -0.2) is 0 Å². The summed E-state index contributed by atoms with van der Waals surface area (Å²) in [4.78, 5) is 0. The topological polar surface area (TPSA) is 47.6 Å². The lowest BCUT2D eigenvalue weighted by atomic mass is 9.48. The molecule has 4 saturated carbocycles. The van der Waals surface area contributed by atoms with E-state index in [1.54, 1.807) is 0 Å². The third kappa shape index (κ3) is 1.52. The normalized spacial score (nSPS) is 44.3. The lowest BCUT2D eigenvalue weighted by Crippen LogP contribution is -2.46. The van der Waals surface area contributed by atoms with Crippen molar-refractivity contribution in [2.45, 2.75) is 44.9 Å². The third-order valence-corrected chi connectivity index (χ3v) is 5.11. The van der Waals surface area contributed by atoms with Crippen molar-refractivity contribution in [2.75, 3.05) is 0 Å². The first-order valence-electron chi connectivity index (χ1n) is 6.52. The molecule has 0 spiro atoms. The second kappa shape index (κ2) is 3.49. The lowest BCUT2D eigenvalue weighted by Gasteiger charge is -2.57. The maximum absolute atomic E-state index is 8.96. The van der Waals surface area contributed by atoms with E-state index in [0.29, 0.717) is 5.41 Å². The summed E-state index contributed by atoms with van der Waals surface area (Å²) >= 11 is 0. The SMILES string of the molecule is N#CC(C#N)CC12CC3CC(CC(C3)C1)C2. The minimum atomic E-state index is -0.365. The van der Waals surface area contributed by atoms with E-state index in [1.165, 1.54) is 38.5 Å². The molecule has 16 heavy (non-hydrogen) atoms. The maximum Gasteiger partial charge on any atom is 0.133 e. The minimum Gasteiger partial charge on any atom is -0.197 e. The van der Waals surface area contributed by atoms with Crippen molar-refractivity contribution in [1.82, 2.24) is 0 Å². The summed E-state index contributed by atoms with van der Waals surface area (Å²) in [5.41, 5.74) is 0.380. The Morgan fingerprint density at radius 2 is 1.38 bits per heavy atom. The van der Waals surface area contributed by atoms with Crippen molar-refractivity contribution < 1.29 is 0 Å². The maximum atomic E-state index is 8.96. The van der Waals surface area contributed by atoms with Gasteiger partial charge in [-0.05, 0) is 68.1 Å². The molecular formula is C14H18N2. The Bertz CT molecular complexity index is 322. The van der Waals surface area contributed by atoms with Gasteiger partial charge in [-0.3, -0.25) is 0 Å². The molecule has 0 unspecified atom stereocenters. The smallest absolute Gasteiger partial charge is 0.133 e. The van der Waals surface area contributed by atoms with Crippen LogP contribution in [-0.4, -0.2) is 0 Å². The van der Waals surface area contributed by atoms with Gasteiger partial charge in [0.05, 0.1) is 12.1 Å². The molecule has 2 heteroatoms. The van der Waals surface area contributed by atoms with Crippen molar-refractivity contribution in [1.29, 1.82) is 10.5 Å². The summed E-state index contributed by atoms with van der Waals surface area (Å²) in [5.74, 6) is 2.40. The summed E-state index contributed by atoms with van der Waals surface area (Å²) in [6.07, 6.45) is 9.06. The van der Waals surface area contributed by atoms with Crippen LogP contribution in [-0.2, 0) is 0 Å². The molecule has 4 fully saturated rings. The molecular weight excluding hydrogens is 196 g/mol. The Balaban J connectivity index is 1.79. The molecule has 0 aliphatic heterocycles. The largest absolute Gasteiger partial charge is 0.197 e. The van der Waals surface area contributed by atoms with Crippen molar-refractivity contribution in [3.8, 4) is 12.1 Å². The summed E-state index contributed by atoms with van der Waals surface area (Å²) in [6.45, 7) is 0. The van der Waals surface area contributed by atoms with Gasteiger partial charge in [-0.15, -0.1) is 0 Å². The Morgan fingerprint density at radius 3 is 1.75 bits per heavy atom. The van der Waals surface area contributed by atoms with Crippen LogP contribution in [0.5, 0.6) is 0 Å². The fraction of sp³-hybridized carbons (Fsp3) is 0.857. The molecule has 2 nitrogen and oxygen atoms in total. The van der Waals surface area contributed by atoms with Crippen LogP contribution in [0.4, 0.5) is 0 Å². The quantitative estimate of drug-likeness (QED) is 0.708. The molecule has 0 atom stereocenters. The van der Waals surface area contributed by atoms with Crippen molar-refractivity contribution >= 4 is 0 Å². The monoisotopic (exact) mass is 214 g/mol. The predicted octanol–water partition coefficient (Wildman–Crippen LogP) is 3.26. The van der Waals surface area contributed by atoms with E-state index in [-0.39, 0.29) is 5.92 Å². The van der Waals surface area contributed by atoms with Crippen LogP contribution in [0.2, 0.25) is 0 Å². The van der Waals surface area contributed by atoms with Crippen LogP contribution in [0, 0.1) is 51.7 Å². The van der Waals surface area contributed by atoms with Crippen LogP contribution < -0.4 is 0 Å². The van der Waals surface area contributed by atoms with E-state index in [0.717, 1.165) is 24.2 Å². The Morgan fingerprint density at radius 1 is 0.938 bits per heavy atom. The molecule has 0 N–H and O–H groups in total.